The van der Waals surface area contributed by atoms with Gasteiger partial charge in [-0.25, -0.2) is 3.74 Å². The summed E-state index contributed by atoms with van der Waals surface area (Å²) in [5.74, 6) is 1.62. The Kier molecular flexibility index (Phi) is 5.16. The highest BCUT2D eigenvalue weighted by Gasteiger charge is 1.91. The fraction of sp³-hybridized carbons (Fsp3) is 1.00. The quantitative estimate of drug-likeness (QED) is 0.557. The Morgan fingerprint density at radius 3 is 2.43 bits per heavy atom. The van der Waals surface area contributed by atoms with Crippen LogP contribution in [-0.4, -0.2) is 5.75 Å². The Labute approximate surface area is 53.8 Å². The monoisotopic (exact) mass is 140 g/mol. The summed E-state index contributed by atoms with van der Waals surface area (Å²) in [7, 11) is 0. The fourth-order valence-corrected chi connectivity index (χ4v) is 0.640. The molecule has 0 rings (SSSR count). The third-order valence-corrected chi connectivity index (χ3v) is 1.61. The van der Waals surface area contributed by atoms with Gasteiger partial charge in [-0.05, 0) is 5.92 Å². The molecule has 0 aromatic carbocycles. The van der Waals surface area contributed by atoms with Crippen molar-refractivity contribution in [3.8, 4) is 0 Å². The average molecular weight is 141 g/mol. The molecular formula is C4H9ClOS. The Hall–Kier alpha value is 0.600. The van der Waals surface area contributed by atoms with Gasteiger partial charge in [-0.2, -0.15) is 0 Å². The standard InChI is InChI=1S/C4H9ClOS/c1-4(2)3-7-6-5/h4H,3H2,1-2H3. The highest BCUT2D eigenvalue weighted by molar-refractivity contribution is 7.95. The van der Waals surface area contributed by atoms with Crippen LogP contribution in [0.25, 0.3) is 0 Å². The molecule has 0 aromatic heterocycles. The number of hydrogen-bond donors (Lipinski definition) is 0. The molecule has 0 atom stereocenters. The molecule has 7 heavy (non-hydrogen) atoms. The maximum Gasteiger partial charge on any atom is 0.0753 e. The highest BCUT2D eigenvalue weighted by Crippen LogP contribution is 2.09. The van der Waals surface area contributed by atoms with Crippen LogP contribution in [0.15, 0.2) is 0 Å². The third-order valence-electron chi connectivity index (χ3n) is 0.446. The zero-order valence-electron chi connectivity index (χ0n) is 4.48. The van der Waals surface area contributed by atoms with E-state index >= 15 is 0 Å². The molecular weight excluding hydrogens is 132 g/mol. The van der Waals surface area contributed by atoms with Crippen LogP contribution >= 0.6 is 23.9 Å². The van der Waals surface area contributed by atoms with Gasteiger partial charge in [-0.15, -0.1) is 0 Å². The molecule has 0 fully saturated rings. The first-order valence-electron chi connectivity index (χ1n) is 2.17. The van der Waals surface area contributed by atoms with Crippen molar-refractivity contribution in [1.82, 2.24) is 0 Å². The fourth-order valence-electron chi connectivity index (χ4n) is 0.162. The lowest BCUT2D eigenvalue weighted by atomic mass is 10.3. The molecule has 0 heterocycles. The van der Waals surface area contributed by atoms with Crippen molar-refractivity contribution < 1.29 is 3.74 Å². The Morgan fingerprint density at radius 1 is 1.71 bits per heavy atom. The summed E-state index contributed by atoms with van der Waals surface area (Å²) >= 11 is 6.19. The van der Waals surface area contributed by atoms with Crippen LogP contribution in [0.4, 0.5) is 0 Å². The van der Waals surface area contributed by atoms with Crippen LogP contribution in [0.1, 0.15) is 13.8 Å². The zero-order chi connectivity index (χ0) is 5.70. The van der Waals surface area contributed by atoms with Crippen molar-refractivity contribution in [3.63, 3.8) is 0 Å². The molecule has 0 aliphatic rings. The van der Waals surface area contributed by atoms with Gasteiger partial charge in [0, 0.05) is 17.8 Å². The van der Waals surface area contributed by atoms with Gasteiger partial charge in [0.2, 0.25) is 0 Å². The van der Waals surface area contributed by atoms with E-state index in [0.717, 1.165) is 5.75 Å². The van der Waals surface area contributed by atoms with Crippen molar-refractivity contribution >= 4 is 23.9 Å². The minimum atomic E-state index is 0.656. The molecule has 0 aromatic rings. The minimum absolute atomic E-state index is 0.656. The number of halogens is 1. The largest absolute Gasteiger partial charge is 0.207 e. The predicted octanol–water partition coefficient (Wildman–Crippen LogP) is 2.46. The highest BCUT2D eigenvalue weighted by atomic mass is 35.5. The summed E-state index contributed by atoms with van der Waals surface area (Å²) in [6, 6.07) is 0. The molecule has 0 aliphatic heterocycles. The first-order valence-corrected chi connectivity index (χ1v) is 3.39. The van der Waals surface area contributed by atoms with Gasteiger partial charge < -0.3 is 0 Å². The summed E-state index contributed by atoms with van der Waals surface area (Å²) in [5.41, 5.74) is 0. The van der Waals surface area contributed by atoms with Gasteiger partial charge in [0.05, 0.1) is 11.9 Å². The summed E-state index contributed by atoms with van der Waals surface area (Å²) in [5, 5.41) is 0. The number of rotatable bonds is 3. The molecule has 44 valence electrons. The summed E-state index contributed by atoms with van der Waals surface area (Å²) in [6.45, 7) is 4.23. The molecule has 1 nitrogen and oxygen atoms in total. The second-order valence-electron chi connectivity index (χ2n) is 1.74. The van der Waals surface area contributed by atoms with E-state index in [1.54, 1.807) is 0 Å². The molecule has 0 unspecified atom stereocenters. The van der Waals surface area contributed by atoms with E-state index in [4.69, 9.17) is 11.9 Å². The van der Waals surface area contributed by atoms with Crippen LogP contribution in [0.3, 0.4) is 0 Å². The molecule has 0 saturated carbocycles. The SMILES string of the molecule is CC(C)CSOCl. The lowest BCUT2D eigenvalue weighted by molar-refractivity contribution is 0.689. The van der Waals surface area contributed by atoms with E-state index < -0.39 is 0 Å². The van der Waals surface area contributed by atoms with Gasteiger partial charge in [-0.1, -0.05) is 13.8 Å². The van der Waals surface area contributed by atoms with Crippen LogP contribution < -0.4 is 0 Å². The Morgan fingerprint density at radius 2 is 2.29 bits per heavy atom. The maximum atomic E-state index is 4.91. The Balaban J connectivity index is 2.68. The van der Waals surface area contributed by atoms with E-state index in [9.17, 15) is 0 Å². The Bertz CT molecular complexity index is 40.7. The van der Waals surface area contributed by atoms with Gasteiger partial charge >= 0.3 is 0 Å². The molecule has 0 saturated heterocycles. The molecule has 0 spiro atoms. The molecule has 0 bridgehead atoms. The molecule has 0 amide bonds. The first-order chi connectivity index (χ1) is 3.27. The molecule has 3 heteroatoms. The first kappa shape index (κ1) is 7.60. The summed E-state index contributed by atoms with van der Waals surface area (Å²) in [6.07, 6.45) is 0. The predicted molar refractivity (Wildman–Crippen MR) is 34.2 cm³/mol. The van der Waals surface area contributed by atoms with E-state index in [2.05, 4.69) is 17.6 Å². The van der Waals surface area contributed by atoms with Crippen molar-refractivity contribution in [2.45, 2.75) is 13.8 Å². The van der Waals surface area contributed by atoms with Crippen molar-refractivity contribution in [2.75, 3.05) is 5.75 Å². The topological polar surface area (TPSA) is 9.23 Å². The summed E-state index contributed by atoms with van der Waals surface area (Å²) in [4.78, 5) is 0. The lowest BCUT2D eigenvalue weighted by Crippen LogP contribution is -1.88. The van der Waals surface area contributed by atoms with Crippen LogP contribution in [0, 0.1) is 5.92 Å². The smallest absolute Gasteiger partial charge is 0.0753 e. The summed E-state index contributed by atoms with van der Waals surface area (Å²) < 4.78 is 4.24. The van der Waals surface area contributed by atoms with Crippen LogP contribution in [0.2, 0.25) is 0 Å². The van der Waals surface area contributed by atoms with Gasteiger partial charge in [0.15, 0.2) is 0 Å². The maximum absolute atomic E-state index is 4.91. The van der Waals surface area contributed by atoms with E-state index in [0.29, 0.717) is 5.92 Å². The molecule has 0 aliphatic carbocycles. The van der Waals surface area contributed by atoms with Crippen LogP contribution in [0.5, 0.6) is 0 Å². The second-order valence-corrected chi connectivity index (χ2v) is 2.81. The third kappa shape index (κ3) is 6.60. The molecule has 0 N–H and O–H groups in total. The van der Waals surface area contributed by atoms with Crippen molar-refractivity contribution in [2.24, 2.45) is 5.92 Å². The molecule has 0 radical (unpaired) electrons. The average Bonchev–Trinajstić information content (AvgIpc) is 1.61. The van der Waals surface area contributed by atoms with Gasteiger partial charge in [0.1, 0.15) is 0 Å². The van der Waals surface area contributed by atoms with Crippen molar-refractivity contribution in [3.05, 3.63) is 0 Å². The lowest BCUT2D eigenvalue weighted by Gasteiger charge is -1.96. The van der Waals surface area contributed by atoms with Crippen molar-refractivity contribution in [1.29, 1.82) is 0 Å². The van der Waals surface area contributed by atoms with Gasteiger partial charge in [0.25, 0.3) is 0 Å². The normalized spacial score (nSPS) is 10.3. The number of hydrogen-bond acceptors (Lipinski definition) is 2. The van der Waals surface area contributed by atoms with E-state index in [1.165, 1.54) is 12.0 Å². The minimum Gasteiger partial charge on any atom is -0.207 e. The van der Waals surface area contributed by atoms with Crippen LogP contribution in [-0.2, 0) is 3.74 Å². The van der Waals surface area contributed by atoms with E-state index in [-0.39, 0.29) is 0 Å². The zero-order valence-corrected chi connectivity index (χ0v) is 6.05. The van der Waals surface area contributed by atoms with E-state index in [1.807, 2.05) is 0 Å². The van der Waals surface area contributed by atoms with Gasteiger partial charge in [-0.3, -0.25) is 0 Å². The second kappa shape index (κ2) is 4.75.